The number of hydrogen-bond acceptors (Lipinski definition) is 3. The molecular formula is C13H16N4O. The van der Waals surface area contributed by atoms with Crippen LogP contribution in [-0.4, -0.2) is 27.6 Å². The average Bonchev–Trinajstić information content (AvgIpc) is 2.90. The molecule has 0 fully saturated rings. The molecule has 0 radical (unpaired) electrons. The molecule has 2 rings (SSSR count). The first-order valence-electron chi connectivity index (χ1n) is 5.95. The predicted molar refractivity (Wildman–Crippen MR) is 68.2 cm³/mol. The smallest absolute Gasteiger partial charge is 0.288 e. The summed E-state index contributed by atoms with van der Waals surface area (Å²) in [5.74, 6) is 0.0433. The lowest BCUT2D eigenvalue weighted by molar-refractivity contribution is 0.0943. The lowest BCUT2D eigenvalue weighted by atomic mass is 10.1. The number of nitrogens with one attached hydrogen (secondary N) is 2. The van der Waals surface area contributed by atoms with Crippen molar-refractivity contribution in [2.24, 2.45) is 0 Å². The van der Waals surface area contributed by atoms with Crippen LogP contribution in [-0.2, 0) is 6.42 Å². The highest BCUT2D eigenvalue weighted by atomic mass is 16.2. The number of nitrogens with zero attached hydrogens (tertiary/aromatic N) is 2. The molecule has 2 N–H and O–H groups in total. The third-order valence-electron chi connectivity index (χ3n) is 2.68. The Morgan fingerprint density at radius 3 is 2.78 bits per heavy atom. The van der Waals surface area contributed by atoms with E-state index in [1.165, 1.54) is 17.5 Å². The molecule has 1 aromatic heterocycles. The summed E-state index contributed by atoms with van der Waals surface area (Å²) in [5, 5.41) is 8.95. The zero-order valence-electron chi connectivity index (χ0n) is 10.3. The van der Waals surface area contributed by atoms with E-state index in [1.807, 2.05) is 0 Å². The maximum atomic E-state index is 11.5. The molecule has 0 aliphatic rings. The third kappa shape index (κ3) is 3.41. The van der Waals surface area contributed by atoms with Crippen LogP contribution >= 0.6 is 0 Å². The first kappa shape index (κ1) is 12.3. The van der Waals surface area contributed by atoms with E-state index in [9.17, 15) is 4.79 Å². The lowest BCUT2D eigenvalue weighted by Crippen LogP contribution is -2.25. The van der Waals surface area contributed by atoms with Crippen molar-refractivity contribution in [3.8, 4) is 0 Å². The largest absolute Gasteiger partial charge is 0.349 e. The van der Waals surface area contributed by atoms with Crippen molar-refractivity contribution in [3.05, 3.63) is 47.5 Å². The van der Waals surface area contributed by atoms with Crippen molar-refractivity contribution in [3.63, 3.8) is 0 Å². The van der Waals surface area contributed by atoms with Crippen LogP contribution in [0.25, 0.3) is 0 Å². The molecule has 0 saturated heterocycles. The molecule has 0 bridgehead atoms. The fraction of sp³-hybridized carbons (Fsp3) is 0.308. The molecule has 0 aliphatic heterocycles. The van der Waals surface area contributed by atoms with Gasteiger partial charge in [0, 0.05) is 6.54 Å². The third-order valence-corrected chi connectivity index (χ3v) is 2.68. The van der Waals surface area contributed by atoms with Gasteiger partial charge in [-0.05, 0) is 25.3 Å². The average molecular weight is 244 g/mol. The first-order valence-corrected chi connectivity index (χ1v) is 5.95. The van der Waals surface area contributed by atoms with E-state index in [2.05, 4.69) is 51.7 Å². The molecule has 0 spiro atoms. The minimum Gasteiger partial charge on any atom is -0.349 e. The van der Waals surface area contributed by atoms with Crippen LogP contribution in [0.5, 0.6) is 0 Å². The quantitative estimate of drug-likeness (QED) is 0.782. The molecule has 0 atom stereocenters. The maximum absolute atomic E-state index is 11.5. The fourth-order valence-electron chi connectivity index (χ4n) is 1.65. The summed E-state index contributed by atoms with van der Waals surface area (Å²) in [6.07, 6.45) is 3.18. The molecule has 1 amide bonds. The second-order valence-corrected chi connectivity index (χ2v) is 4.18. The summed E-state index contributed by atoms with van der Waals surface area (Å²) >= 11 is 0. The molecule has 2 aromatic rings. The number of hydrogen-bond donors (Lipinski definition) is 2. The summed E-state index contributed by atoms with van der Waals surface area (Å²) < 4.78 is 0. The van der Waals surface area contributed by atoms with Crippen LogP contribution in [0.15, 0.2) is 30.6 Å². The Labute approximate surface area is 106 Å². The molecule has 94 valence electrons. The van der Waals surface area contributed by atoms with Crippen LogP contribution in [0.1, 0.15) is 28.2 Å². The van der Waals surface area contributed by atoms with E-state index in [1.54, 1.807) is 0 Å². The van der Waals surface area contributed by atoms with E-state index >= 15 is 0 Å². The number of benzene rings is 1. The number of amides is 1. The number of carbonyl (C=O) groups is 1. The predicted octanol–water partition coefficient (Wildman–Crippen LogP) is 1.48. The van der Waals surface area contributed by atoms with Crippen molar-refractivity contribution in [1.29, 1.82) is 0 Å². The van der Waals surface area contributed by atoms with E-state index in [-0.39, 0.29) is 11.7 Å². The van der Waals surface area contributed by atoms with Gasteiger partial charge in [0.25, 0.3) is 5.91 Å². The van der Waals surface area contributed by atoms with Crippen molar-refractivity contribution in [2.75, 3.05) is 6.54 Å². The Morgan fingerprint density at radius 2 is 2.11 bits per heavy atom. The number of aromatic amines is 1. The van der Waals surface area contributed by atoms with Crippen LogP contribution in [0.2, 0.25) is 0 Å². The van der Waals surface area contributed by atoms with Crippen LogP contribution < -0.4 is 5.32 Å². The lowest BCUT2D eigenvalue weighted by Gasteiger charge is -2.03. The van der Waals surface area contributed by atoms with Gasteiger partial charge in [0.05, 0.1) is 0 Å². The molecule has 5 nitrogen and oxygen atoms in total. The number of H-pyrrole nitrogens is 1. The Kier molecular flexibility index (Phi) is 4.06. The highest BCUT2D eigenvalue weighted by Crippen LogP contribution is 2.05. The molecule has 18 heavy (non-hydrogen) atoms. The van der Waals surface area contributed by atoms with Gasteiger partial charge in [-0.25, -0.2) is 4.98 Å². The standard InChI is InChI=1S/C13H16N4O/c1-10-4-6-11(7-5-10)3-2-8-14-13(18)12-15-9-16-17-12/h4-7,9H,2-3,8H2,1H3,(H,14,18)(H,15,16,17). The van der Waals surface area contributed by atoms with Gasteiger partial charge in [-0.1, -0.05) is 29.8 Å². The SMILES string of the molecule is Cc1ccc(CCCNC(=O)c2ncn[nH]2)cc1. The van der Waals surface area contributed by atoms with Gasteiger partial charge in [0.1, 0.15) is 6.33 Å². The number of carbonyl (C=O) groups excluding carboxylic acids is 1. The Balaban J connectivity index is 1.70. The van der Waals surface area contributed by atoms with Crippen molar-refractivity contribution in [1.82, 2.24) is 20.5 Å². The zero-order valence-corrected chi connectivity index (χ0v) is 10.3. The highest BCUT2D eigenvalue weighted by molar-refractivity contribution is 5.90. The Hall–Kier alpha value is -2.17. The topological polar surface area (TPSA) is 70.7 Å². The van der Waals surface area contributed by atoms with Gasteiger partial charge in [-0.3, -0.25) is 9.89 Å². The summed E-state index contributed by atoms with van der Waals surface area (Å²) in [4.78, 5) is 15.3. The van der Waals surface area contributed by atoms with Crippen LogP contribution in [0, 0.1) is 6.92 Å². The highest BCUT2D eigenvalue weighted by Gasteiger charge is 2.06. The zero-order chi connectivity index (χ0) is 12.8. The molecule has 1 heterocycles. The van der Waals surface area contributed by atoms with Gasteiger partial charge in [-0.15, -0.1) is 0 Å². The van der Waals surface area contributed by atoms with Gasteiger partial charge >= 0.3 is 0 Å². The molecule has 0 unspecified atom stereocenters. The Bertz CT molecular complexity index is 490. The normalized spacial score (nSPS) is 10.3. The van der Waals surface area contributed by atoms with Crippen molar-refractivity contribution < 1.29 is 4.79 Å². The monoisotopic (exact) mass is 244 g/mol. The summed E-state index contributed by atoms with van der Waals surface area (Å²) in [6, 6.07) is 8.44. The Morgan fingerprint density at radius 1 is 1.33 bits per heavy atom. The summed E-state index contributed by atoms with van der Waals surface area (Å²) in [6.45, 7) is 2.70. The number of aryl methyl sites for hydroxylation is 2. The van der Waals surface area contributed by atoms with E-state index in [0.29, 0.717) is 6.54 Å². The first-order chi connectivity index (χ1) is 8.75. The number of aromatic nitrogens is 3. The molecule has 5 heteroatoms. The van der Waals surface area contributed by atoms with E-state index < -0.39 is 0 Å². The van der Waals surface area contributed by atoms with Gasteiger partial charge < -0.3 is 5.32 Å². The number of rotatable bonds is 5. The van der Waals surface area contributed by atoms with Crippen LogP contribution in [0.4, 0.5) is 0 Å². The minimum atomic E-state index is -0.212. The fourth-order valence-corrected chi connectivity index (χ4v) is 1.65. The van der Waals surface area contributed by atoms with Gasteiger partial charge in [0.2, 0.25) is 5.82 Å². The summed E-state index contributed by atoms with van der Waals surface area (Å²) in [7, 11) is 0. The minimum absolute atomic E-state index is 0.212. The summed E-state index contributed by atoms with van der Waals surface area (Å²) in [5.41, 5.74) is 2.55. The molecule has 1 aromatic carbocycles. The molecular weight excluding hydrogens is 228 g/mol. The van der Waals surface area contributed by atoms with E-state index in [4.69, 9.17) is 0 Å². The second-order valence-electron chi connectivity index (χ2n) is 4.18. The van der Waals surface area contributed by atoms with Gasteiger partial charge in [-0.2, -0.15) is 5.10 Å². The van der Waals surface area contributed by atoms with Crippen LogP contribution in [0.3, 0.4) is 0 Å². The van der Waals surface area contributed by atoms with Crippen molar-refractivity contribution in [2.45, 2.75) is 19.8 Å². The van der Waals surface area contributed by atoms with Gasteiger partial charge in [0.15, 0.2) is 0 Å². The second kappa shape index (κ2) is 5.95. The van der Waals surface area contributed by atoms with Crippen molar-refractivity contribution >= 4 is 5.91 Å². The molecule has 0 aliphatic carbocycles. The maximum Gasteiger partial charge on any atom is 0.288 e. The molecule has 0 saturated carbocycles. The van der Waals surface area contributed by atoms with E-state index in [0.717, 1.165) is 12.8 Å².